The van der Waals surface area contributed by atoms with Crippen molar-refractivity contribution in [3.8, 4) is 5.88 Å². The van der Waals surface area contributed by atoms with E-state index in [-0.39, 0.29) is 5.91 Å². The highest BCUT2D eigenvalue weighted by atomic mass is 16.5. The summed E-state index contributed by atoms with van der Waals surface area (Å²) in [5.74, 6) is 2.23. The molecular formula is C20H28N4O3. The van der Waals surface area contributed by atoms with Gasteiger partial charge in [-0.05, 0) is 31.7 Å². The van der Waals surface area contributed by atoms with Gasteiger partial charge >= 0.3 is 0 Å². The summed E-state index contributed by atoms with van der Waals surface area (Å²) in [6, 6.07) is 3.50. The number of carbonyl (C=O) groups is 1. The molecule has 146 valence electrons. The Hall–Kier alpha value is -2.41. The Bertz CT molecular complexity index is 749. The number of imidazole rings is 1. The Morgan fingerprint density at radius 2 is 1.96 bits per heavy atom. The van der Waals surface area contributed by atoms with Gasteiger partial charge in [-0.2, -0.15) is 0 Å². The summed E-state index contributed by atoms with van der Waals surface area (Å²) in [7, 11) is 3.29. The van der Waals surface area contributed by atoms with Crippen LogP contribution in [0.25, 0.3) is 0 Å². The van der Waals surface area contributed by atoms with E-state index in [9.17, 15) is 4.79 Å². The molecule has 0 aromatic carbocycles. The van der Waals surface area contributed by atoms with Gasteiger partial charge in [0.1, 0.15) is 5.82 Å². The van der Waals surface area contributed by atoms with Gasteiger partial charge in [0, 0.05) is 57.3 Å². The van der Waals surface area contributed by atoms with Gasteiger partial charge in [-0.3, -0.25) is 4.79 Å². The maximum absolute atomic E-state index is 12.7. The van der Waals surface area contributed by atoms with E-state index in [4.69, 9.17) is 9.47 Å². The molecule has 0 saturated carbocycles. The predicted octanol–water partition coefficient (Wildman–Crippen LogP) is 2.34. The number of likely N-dealkylation sites (tertiary alicyclic amines) is 1. The molecule has 27 heavy (non-hydrogen) atoms. The molecule has 1 saturated heterocycles. The number of hydrogen-bond acceptors (Lipinski definition) is 5. The number of hydrogen-bond donors (Lipinski definition) is 0. The van der Waals surface area contributed by atoms with Crippen LogP contribution in [0.4, 0.5) is 0 Å². The van der Waals surface area contributed by atoms with Crippen molar-refractivity contribution >= 4 is 5.91 Å². The summed E-state index contributed by atoms with van der Waals surface area (Å²) in [4.78, 5) is 23.3. The van der Waals surface area contributed by atoms with E-state index < -0.39 is 0 Å². The largest absolute Gasteiger partial charge is 0.481 e. The lowest BCUT2D eigenvalue weighted by molar-refractivity contribution is 0.0688. The van der Waals surface area contributed by atoms with Crippen LogP contribution in [0.3, 0.4) is 0 Å². The number of pyridine rings is 1. The zero-order chi connectivity index (χ0) is 19.2. The zero-order valence-electron chi connectivity index (χ0n) is 16.4. The lowest BCUT2D eigenvalue weighted by Gasteiger charge is -2.32. The highest BCUT2D eigenvalue weighted by molar-refractivity contribution is 5.94. The number of carbonyl (C=O) groups excluding carboxylic acids is 1. The Morgan fingerprint density at radius 1 is 1.19 bits per heavy atom. The Balaban J connectivity index is 1.55. The van der Waals surface area contributed by atoms with E-state index in [2.05, 4.69) is 21.5 Å². The number of methoxy groups -OCH3 is 2. The second-order valence-electron chi connectivity index (χ2n) is 6.99. The highest BCUT2D eigenvalue weighted by Crippen LogP contribution is 2.23. The average Bonchev–Trinajstić information content (AvgIpc) is 3.05. The number of ether oxygens (including phenoxy) is 2. The first kappa shape index (κ1) is 19.4. The minimum atomic E-state index is 0.0426. The van der Waals surface area contributed by atoms with Gasteiger partial charge in [-0.15, -0.1) is 0 Å². The quantitative estimate of drug-likeness (QED) is 0.746. The average molecular weight is 372 g/mol. The fraction of sp³-hybridized carbons (Fsp3) is 0.550. The Morgan fingerprint density at radius 3 is 2.59 bits per heavy atom. The number of piperidine rings is 1. The summed E-state index contributed by atoms with van der Waals surface area (Å²) in [5.41, 5.74) is 1.78. The molecule has 2 aromatic heterocycles. The first-order valence-corrected chi connectivity index (χ1v) is 9.41. The second-order valence-corrected chi connectivity index (χ2v) is 6.99. The van der Waals surface area contributed by atoms with E-state index in [1.165, 1.54) is 5.69 Å². The molecular weight excluding hydrogens is 344 g/mol. The van der Waals surface area contributed by atoms with Crippen molar-refractivity contribution in [2.24, 2.45) is 5.92 Å². The van der Waals surface area contributed by atoms with Crippen LogP contribution in [0.5, 0.6) is 5.88 Å². The summed E-state index contributed by atoms with van der Waals surface area (Å²) < 4.78 is 12.5. The molecule has 0 bridgehead atoms. The van der Waals surface area contributed by atoms with Crippen molar-refractivity contribution < 1.29 is 14.3 Å². The van der Waals surface area contributed by atoms with E-state index in [0.717, 1.165) is 44.7 Å². The lowest BCUT2D eigenvalue weighted by Crippen LogP contribution is -2.39. The van der Waals surface area contributed by atoms with Crippen molar-refractivity contribution in [3.63, 3.8) is 0 Å². The van der Waals surface area contributed by atoms with Crippen molar-refractivity contribution in [2.45, 2.75) is 32.7 Å². The van der Waals surface area contributed by atoms with E-state index in [0.29, 0.717) is 24.0 Å². The van der Waals surface area contributed by atoms with Gasteiger partial charge in [-0.1, -0.05) is 0 Å². The van der Waals surface area contributed by atoms with Crippen molar-refractivity contribution in [1.82, 2.24) is 19.4 Å². The fourth-order valence-electron chi connectivity index (χ4n) is 3.57. The van der Waals surface area contributed by atoms with Gasteiger partial charge in [-0.25, -0.2) is 9.97 Å². The third-order valence-corrected chi connectivity index (χ3v) is 5.22. The molecule has 0 N–H and O–H groups in total. The summed E-state index contributed by atoms with van der Waals surface area (Å²) in [6.07, 6.45) is 6.45. The first-order chi connectivity index (χ1) is 13.1. The van der Waals surface area contributed by atoms with Crippen LogP contribution >= 0.6 is 0 Å². The molecule has 3 heterocycles. The molecule has 3 rings (SSSR count). The van der Waals surface area contributed by atoms with Crippen LogP contribution in [0, 0.1) is 12.8 Å². The zero-order valence-corrected chi connectivity index (χ0v) is 16.4. The van der Waals surface area contributed by atoms with Crippen LogP contribution < -0.4 is 4.74 Å². The van der Waals surface area contributed by atoms with Crippen LogP contribution in [-0.4, -0.2) is 59.3 Å². The van der Waals surface area contributed by atoms with Crippen LogP contribution in [0.1, 0.15) is 34.7 Å². The van der Waals surface area contributed by atoms with Crippen LogP contribution in [0.2, 0.25) is 0 Å². The highest BCUT2D eigenvalue weighted by Gasteiger charge is 2.25. The van der Waals surface area contributed by atoms with E-state index >= 15 is 0 Å². The lowest BCUT2D eigenvalue weighted by atomic mass is 9.93. The molecule has 0 aliphatic carbocycles. The van der Waals surface area contributed by atoms with E-state index in [1.807, 2.05) is 11.1 Å². The van der Waals surface area contributed by atoms with Gasteiger partial charge in [0.2, 0.25) is 5.88 Å². The molecule has 2 aromatic rings. The van der Waals surface area contributed by atoms with Crippen LogP contribution in [0.15, 0.2) is 24.5 Å². The van der Waals surface area contributed by atoms with Crippen LogP contribution in [-0.2, 0) is 17.7 Å². The maximum Gasteiger partial charge on any atom is 0.255 e. The minimum Gasteiger partial charge on any atom is -0.481 e. The third kappa shape index (κ3) is 4.66. The van der Waals surface area contributed by atoms with Gasteiger partial charge < -0.3 is 18.9 Å². The van der Waals surface area contributed by atoms with Crippen molar-refractivity contribution in [3.05, 3.63) is 41.6 Å². The SMILES string of the molecule is COCCn1c(C)cnc1CC1CCN(C(=O)c2ccc(OC)nc2)CC1. The molecule has 1 aliphatic rings. The molecule has 0 radical (unpaired) electrons. The minimum absolute atomic E-state index is 0.0426. The standard InChI is InChI=1S/C20H28N4O3/c1-15-13-21-18(24(15)10-11-26-2)12-16-6-8-23(9-7-16)20(25)17-4-5-19(27-3)22-14-17/h4-5,13-14,16H,6-12H2,1-3H3. The number of amides is 1. The summed E-state index contributed by atoms with van der Waals surface area (Å²) in [5, 5.41) is 0. The molecule has 7 nitrogen and oxygen atoms in total. The second kappa shape index (κ2) is 8.99. The molecule has 0 spiro atoms. The molecule has 1 aliphatic heterocycles. The Kier molecular flexibility index (Phi) is 6.45. The molecule has 1 amide bonds. The van der Waals surface area contributed by atoms with Gasteiger partial charge in [0.25, 0.3) is 5.91 Å². The summed E-state index contributed by atoms with van der Waals surface area (Å²) in [6.45, 7) is 5.14. The smallest absolute Gasteiger partial charge is 0.255 e. The first-order valence-electron chi connectivity index (χ1n) is 9.41. The maximum atomic E-state index is 12.7. The molecule has 1 fully saturated rings. The third-order valence-electron chi connectivity index (χ3n) is 5.22. The van der Waals surface area contributed by atoms with Gasteiger partial charge in [0.05, 0.1) is 19.3 Å². The van der Waals surface area contributed by atoms with E-state index in [1.54, 1.807) is 32.5 Å². The topological polar surface area (TPSA) is 69.5 Å². The molecule has 0 atom stereocenters. The number of aryl methyl sites for hydroxylation is 1. The molecule has 7 heteroatoms. The Labute approximate surface area is 160 Å². The number of rotatable bonds is 7. The number of nitrogens with zero attached hydrogens (tertiary/aromatic N) is 4. The monoisotopic (exact) mass is 372 g/mol. The normalized spacial score (nSPS) is 15.1. The van der Waals surface area contributed by atoms with Crippen molar-refractivity contribution in [2.75, 3.05) is 33.9 Å². The number of aromatic nitrogens is 3. The van der Waals surface area contributed by atoms with Crippen molar-refractivity contribution in [1.29, 1.82) is 0 Å². The fourth-order valence-corrected chi connectivity index (χ4v) is 3.57. The van der Waals surface area contributed by atoms with Gasteiger partial charge in [0.15, 0.2) is 0 Å². The summed E-state index contributed by atoms with van der Waals surface area (Å²) >= 11 is 0. The predicted molar refractivity (Wildman–Crippen MR) is 102 cm³/mol. The molecule has 0 unspecified atom stereocenters.